The third kappa shape index (κ3) is 4.17. The van der Waals surface area contributed by atoms with Crippen molar-refractivity contribution >= 4 is 27.4 Å². The van der Waals surface area contributed by atoms with Crippen molar-refractivity contribution in [1.29, 1.82) is 0 Å². The van der Waals surface area contributed by atoms with Crippen LogP contribution in [0.2, 0.25) is 0 Å². The molecule has 2 aromatic rings. The summed E-state index contributed by atoms with van der Waals surface area (Å²) in [4.78, 5) is 11.9. The fraction of sp³-hybridized carbons (Fsp3) is 0.188. The van der Waals surface area contributed by atoms with Crippen molar-refractivity contribution in [3.05, 3.63) is 63.9 Å². The number of halogens is 2. The van der Waals surface area contributed by atoms with Gasteiger partial charge in [0.1, 0.15) is 11.6 Å². The Morgan fingerprint density at radius 1 is 1.10 bits per heavy atom. The van der Waals surface area contributed by atoms with Crippen LogP contribution in [0.15, 0.2) is 46.9 Å². The van der Waals surface area contributed by atoms with Crippen molar-refractivity contribution in [3.8, 4) is 0 Å². The van der Waals surface area contributed by atoms with Gasteiger partial charge in [-0.15, -0.1) is 0 Å². The number of nitrogen functional groups attached to an aromatic ring is 1. The van der Waals surface area contributed by atoms with Gasteiger partial charge >= 0.3 is 0 Å². The summed E-state index contributed by atoms with van der Waals surface area (Å²) in [5, 5.41) is 0. The highest BCUT2D eigenvalue weighted by Gasteiger charge is 2.07. The monoisotopic (exact) mass is 335 g/mol. The molecule has 20 heavy (non-hydrogen) atoms. The highest BCUT2D eigenvalue weighted by atomic mass is 79.9. The maximum atomic E-state index is 13.1. The molecule has 0 aliphatic carbocycles. The van der Waals surface area contributed by atoms with Gasteiger partial charge < -0.3 is 5.73 Å². The minimum Gasteiger partial charge on any atom is -0.399 e. The number of rotatable bonds is 5. The lowest BCUT2D eigenvalue weighted by molar-refractivity contribution is -0.118. The van der Waals surface area contributed by atoms with Gasteiger partial charge in [0.15, 0.2) is 0 Å². The smallest absolute Gasteiger partial charge is 0.137 e. The van der Waals surface area contributed by atoms with Crippen LogP contribution in [0.1, 0.15) is 17.5 Å². The van der Waals surface area contributed by atoms with E-state index in [1.807, 2.05) is 24.3 Å². The van der Waals surface area contributed by atoms with Crippen LogP contribution in [0.25, 0.3) is 0 Å². The molecule has 2 nitrogen and oxygen atoms in total. The number of aryl methyl sites for hydroxylation is 1. The van der Waals surface area contributed by atoms with Crippen LogP contribution in [0.4, 0.5) is 10.1 Å². The number of Topliss-reactive ketones (excluding diaryl/α,β-unsaturated/α-hetero) is 1. The Hall–Kier alpha value is -1.68. The first-order valence-corrected chi connectivity index (χ1v) is 7.14. The standard InChI is InChI=1S/C16H15BrFNO/c17-15-10-12(4-8-16(15)18)9-14(20)7-3-11-1-5-13(19)6-2-11/h1-2,4-6,8,10H,3,7,9,19H2. The summed E-state index contributed by atoms with van der Waals surface area (Å²) in [6.07, 6.45) is 1.49. The zero-order valence-corrected chi connectivity index (χ0v) is 12.5. The molecule has 2 aromatic carbocycles. The van der Waals surface area contributed by atoms with Crippen LogP contribution in [-0.2, 0) is 17.6 Å². The third-order valence-corrected chi connectivity index (χ3v) is 3.67. The first-order chi connectivity index (χ1) is 9.54. The van der Waals surface area contributed by atoms with E-state index in [1.165, 1.54) is 6.07 Å². The number of nitrogens with two attached hydrogens (primary N) is 1. The molecule has 0 aliphatic heterocycles. The van der Waals surface area contributed by atoms with Gasteiger partial charge in [0.05, 0.1) is 4.47 Å². The molecule has 0 unspecified atom stereocenters. The van der Waals surface area contributed by atoms with E-state index in [-0.39, 0.29) is 11.6 Å². The molecule has 0 bridgehead atoms. The molecule has 0 heterocycles. The largest absolute Gasteiger partial charge is 0.399 e. The summed E-state index contributed by atoms with van der Waals surface area (Å²) in [5.41, 5.74) is 8.24. The number of anilines is 1. The number of carbonyl (C=O) groups is 1. The van der Waals surface area contributed by atoms with Crippen molar-refractivity contribution < 1.29 is 9.18 Å². The first kappa shape index (κ1) is 14.7. The van der Waals surface area contributed by atoms with E-state index in [1.54, 1.807) is 12.1 Å². The normalized spacial score (nSPS) is 10.5. The van der Waals surface area contributed by atoms with Crippen molar-refractivity contribution in [2.45, 2.75) is 19.3 Å². The summed E-state index contributed by atoms with van der Waals surface area (Å²) in [6.45, 7) is 0. The van der Waals surface area contributed by atoms with E-state index < -0.39 is 0 Å². The lowest BCUT2D eigenvalue weighted by atomic mass is 10.0. The summed E-state index contributed by atoms with van der Waals surface area (Å²) >= 11 is 3.12. The quantitative estimate of drug-likeness (QED) is 0.841. The van der Waals surface area contributed by atoms with Gasteiger partial charge in [0.25, 0.3) is 0 Å². The molecule has 0 atom stereocenters. The van der Waals surface area contributed by atoms with E-state index in [4.69, 9.17) is 5.73 Å². The Morgan fingerprint density at radius 2 is 1.75 bits per heavy atom. The molecule has 0 fully saturated rings. The Morgan fingerprint density at radius 3 is 2.40 bits per heavy atom. The van der Waals surface area contributed by atoms with Crippen LogP contribution < -0.4 is 5.73 Å². The van der Waals surface area contributed by atoms with E-state index >= 15 is 0 Å². The first-order valence-electron chi connectivity index (χ1n) is 6.34. The fourth-order valence-corrected chi connectivity index (χ4v) is 2.36. The SMILES string of the molecule is Nc1ccc(CCC(=O)Cc2ccc(F)c(Br)c2)cc1. The van der Waals surface area contributed by atoms with Gasteiger partial charge in [0, 0.05) is 18.5 Å². The summed E-state index contributed by atoms with van der Waals surface area (Å²) in [7, 11) is 0. The second-order valence-corrected chi connectivity index (χ2v) is 5.56. The molecule has 0 radical (unpaired) electrons. The molecule has 0 aromatic heterocycles. The lowest BCUT2D eigenvalue weighted by Gasteiger charge is -2.04. The minimum absolute atomic E-state index is 0.139. The molecule has 0 saturated carbocycles. The van der Waals surface area contributed by atoms with Gasteiger partial charge in [-0.2, -0.15) is 0 Å². The highest BCUT2D eigenvalue weighted by molar-refractivity contribution is 9.10. The predicted octanol–water partition coefficient (Wildman–Crippen LogP) is 3.91. The third-order valence-electron chi connectivity index (χ3n) is 3.06. The van der Waals surface area contributed by atoms with Crippen LogP contribution in [-0.4, -0.2) is 5.78 Å². The highest BCUT2D eigenvalue weighted by Crippen LogP contribution is 2.18. The van der Waals surface area contributed by atoms with Gasteiger partial charge in [-0.05, 0) is 57.7 Å². The molecule has 2 rings (SSSR count). The molecule has 4 heteroatoms. The number of benzene rings is 2. The molecule has 2 N–H and O–H groups in total. The van der Waals surface area contributed by atoms with Crippen LogP contribution in [0, 0.1) is 5.82 Å². The molecule has 0 amide bonds. The van der Waals surface area contributed by atoms with E-state index in [0.29, 0.717) is 23.7 Å². The van der Waals surface area contributed by atoms with Crippen LogP contribution in [0.5, 0.6) is 0 Å². The lowest BCUT2D eigenvalue weighted by Crippen LogP contribution is -2.04. The second-order valence-electron chi connectivity index (χ2n) is 4.71. The van der Waals surface area contributed by atoms with Crippen molar-refractivity contribution in [1.82, 2.24) is 0 Å². The number of ketones is 1. The summed E-state index contributed by atoms with van der Waals surface area (Å²) in [6, 6.07) is 12.2. The zero-order chi connectivity index (χ0) is 14.5. The summed E-state index contributed by atoms with van der Waals surface area (Å²) < 4.78 is 13.5. The topological polar surface area (TPSA) is 43.1 Å². The van der Waals surface area contributed by atoms with Gasteiger partial charge in [-0.1, -0.05) is 18.2 Å². The van der Waals surface area contributed by atoms with Crippen molar-refractivity contribution in [2.24, 2.45) is 0 Å². The number of hydrogen-bond donors (Lipinski definition) is 1. The molecular formula is C16H15BrFNO. The van der Waals surface area contributed by atoms with Gasteiger partial charge in [-0.3, -0.25) is 4.79 Å². The molecule has 0 aliphatic rings. The number of carbonyl (C=O) groups excluding carboxylic acids is 1. The summed E-state index contributed by atoms with van der Waals surface area (Å²) in [5.74, 6) is -0.177. The second kappa shape index (κ2) is 6.66. The maximum absolute atomic E-state index is 13.1. The van der Waals surface area contributed by atoms with E-state index in [9.17, 15) is 9.18 Å². The van der Waals surface area contributed by atoms with Crippen molar-refractivity contribution in [3.63, 3.8) is 0 Å². The average molecular weight is 336 g/mol. The molecular weight excluding hydrogens is 321 g/mol. The number of hydrogen-bond acceptors (Lipinski definition) is 2. The predicted molar refractivity (Wildman–Crippen MR) is 82.0 cm³/mol. The Bertz CT molecular complexity index is 610. The van der Waals surface area contributed by atoms with Crippen LogP contribution >= 0.6 is 15.9 Å². The Kier molecular flexibility index (Phi) is 4.90. The maximum Gasteiger partial charge on any atom is 0.137 e. The van der Waals surface area contributed by atoms with Gasteiger partial charge in [0.2, 0.25) is 0 Å². The van der Waals surface area contributed by atoms with Crippen LogP contribution in [0.3, 0.4) is 0 Å². The van der Waals surface area contributed by atoms with Gasteiger partial charge in [-0.25, -0.2) is 4.39 Å². The fourth-order valence-electron chi connectivity index (χ4n) is 1.93. The average Bonchev–Trinajstić information content (AvgIpc) is 2.42. The molecule has 104 valence electrons. The minimum atomic E-state index is -0.317. The Balaban J connectivity index is 1.89. The van der Waals surface area contributed by atoms with E-state index in [2.05, 4.69) is 15.9 Å². The van der Waals surface area contributed by atoms with E-state index in [0.717, 1.165) is 16.8 Å². The zero-order valence-electron chi connectivity index (χ0n) is 10.9. The molecule has 0 saturated heterocycles. The van der Waals surface area contributed by atoms with Crippen molar-refractivity contribution in [2.75, 3.05) is 5.73 Å². The molecule has 0 spiro atoms. The Labute approximate surface area is 125 Å².